The minimum atomic E-state index is -7.35. The number of alkyl halides is 9. The summed E-state index contributed by atoms with van der Waals surface area (Å²) in [5, 5.41) is -6.89. The summed E-state index contributed by atoms with van der Waals surface area (Å²) in [4.78, 5) is -0.0569. The van der Waals surface area contributed by atoms with E-state index >= 15 is 0 Å². The average molecular weight is 496 g/mol. The van der Waals surface area contributed by atoms with Gasteiger partial charge < -0.3 is 4.74 Å². The van der Waals surface area contributed by atoms with Crippen molar-refractivity contribution in [2.45, 2.75) is 42.0 Å². The van der Waals surface area contributed by atoms with Gasteiger partial charge in [0.15, 0.2) is 0 Å². The molecule has 176 valence electrons. The molecule has 0 aliphatic rings. The van der Waals surface area contributed by atoms with E-state index in [0.29, 0.717) is 0 Å². The Morgan fingerprint density at radius 1 is 0.800 bits per heavy atom. The highest BCUT2D eigenvalue weighted by Crippen LogP contribution is 2.62. The molecule has 0 unspecified atom stereocenters. The lowest BCUT2D eigenvalue weighted by Gasteiger charge is -2.39. The molecule has 1 aromatic carbocycles. The highest BCUT2D eigenvalue weighted by Gasteiger charge is 2.86. The van der Waals surface area contributed by atoms with Gasteiger partial charge in [-0.25, -0.2) is 3.63 Å². The van der Waals surface area contributed by atoms with Crippen LogP contribution in [0, 0.1) is 0 Å². The molecule has 15 heteroatoms. The fourth-order valence-corrected chi connectivity index (χ4v) is 7.18. The van der Waals surface area contributed by atoms with Crippen molar-refractivity contribution < 1.29 is 56.3 Å². The molecule has 30 heavy (non-hydrogen) atoms. The Labute approximate surface area is 168 Å². The molecule has 0 atom stereocenters. The summed E-state index contributed by atoms with van der Waals surface area (Å²) in [7, 11) is -9.03. The molecule has 0 radical (unpaired) electrons. The lowest BCUT2D eigenvalue weighted by molar-refractivity contribution is -0.382. The number of ether oxygens (including phenoxy) is 1. The Kier molecular flexibility index (Phi) is 7.38. The van der Waals surface area contributed by atoms with Crippen LogP contribution in [0.3, 0.4) is 0 Å². The van der Waals surface area contributed by atoms with E-state index in [0.717, 1.165) is 0 Å². The summed E-state index contributed by atoms with van der Waals surface area (Å²) in [6.45, 7) is 2.50. The molecule has 0 saturated heterocycles. The van der Waals surface area contributed by atoms with Crippen LogP contribution in [0.2, 0.25) is 0 Å². The zero-order valence-electron chi connectivity index (χ0n) is 15.6. The monoisotopic (exact) mass is 496 g/mol. The maximum Gasteiger partial charge on any atom is 0.460 e. The van der Waals surface area contributed by atoms with Crippen LogP contribution in [0.4, 0.5) is 39.5 Å². The number of hydrogen-bond acceptors (Lipinski definition) is 4. The van der Waals surface area contributed by atoms with Crippen molar-refractivity contribution >= 4 is 20.4 Å². The third kappa shape index (κ3) is 4.20. The van der Waals surface area contributed by atoms with Gasteiger partial charge in [0.05, 0.1) is 7.11 Å². The molecular weight excluding hydrogens is 479 g/mol. The molecule has 0 aliphatic carbocycles. The maximum atomic E-state index is 14.0. The standard InChI is InChI=1S/C15H17F9O4S2/c1-4-29(5-2,11-8-6-10(27-3)7-9-11)28-30(25,26)15(23,24)13(18,19)12(16,17)14(20,21)22/h6-9H,4-5H2,1-3H3. The fraction of sp³-hybridized carbons (Fsp3) is 0.600. The Bertz CT molecular complexity index is 833. The molecule has 0 amide bonds. The van der Waals surface area contributed by atoms with Crippen molar-refractivity contribution in [1.29, 1.82) is 0 Å². The first-order chi connectivity index (χ1) is 13.4. The van der Waals surface area contributed by atoms with Gasteiger partial charge in [-0.05, 0) is 24.3 Å². The Morgan fingerprint density at radius 3 is 1.57 bits per heavy atom. The van der Waals surface area contributed by atoms with Crippen molar-refractivity contribution in [1.82, 2.24) is 0 Å². The van der Waals surface area contributed by atoms with Gasteiger partial charge in [0.25, 0.3) is 0 Å². The van der Waals surface area contributed by atoms with Gasteiger partial charge in [-0.1, -0.05) is 24.2 Å². The highest BCUT2D eigenvalue weighted by atomic mass is 32.3. The Morgan fingerprint density at radius 2 is 1.23 bits per heavy atom. The number of hydrogen-bond donors (Lipinski definition) is 0. The van der Waals surface area contributed by atoms with Crippen LogP contribution in [0.15, 0.2) is 29.2 Å². The molecule has 0 saturated carbocycles. The van der Waals surface area contributed by atoms with Crippen molar-refractivity contribution in [3.63, 3.8) is 0 Å². The van der Waals surface area contributed by atoms with E-state index in [-0.39, 0.29) is 22.2 Å². The van der Waals surface area contributed by atoms with Gasteiger partial charge in [0.1, 0.15) is 5.75 Å². The van der Waals surface area contributed by atoms with Gasteiger partial charge in [0, 0.05) is 16.4 Å². The molecule has 0 bridgehead atoms. The Balaban J connectivity index is 3.52. The van der Waals surface area contributed by atoms with Crippen molar-refractivity contribution in [2.75, 3.05) is 18.6 Å². The number of rotatable bonds is 9. The van der Waals surface area contributed by atoms with E-state index in [4.69, 9.17) is 4.74 Å². The van der Waals surface area contributed by atoms with Gasteiger partial charge >= 0.3 is 33.4 Å². The molecule has 0 spiro atoms. The predicted molar refractivity (Wildman–Crippen MR) is 90.8 cm³/mol. The zero-order chi connectivity index (χ0) is 23.8. The predicted octanol–water partition coefficient (Wildman–Crippen LogP) is 5.59. The summed E-state index contributed by atoms with van der Waals surface area (Å²) >= 11 is 0. The minimum absolute atomic E-state index is 0.0569. The summed E-state index contributed by atoms with van der Waals surface area (Å²) in [6.07, 6.45) is -7.15. The molecule has 0 aromatic heterocycles. The molecule has 0 aliphatic heterocycles. The van der Waals surface area contributed by atoms with Crippen LogP contribution in [0.1, 0.15) is 13.8 Å². The molecular formula is C15H17F9O4S2. The summed E-state index contributed by atoms with van der Waals surface area (Å²) in [5.41, 5.74) is 0. The van der Waals surface area contributed by atoms with Crippen molar-refractivity contribution in [2.24, 2.45) is 0 Å². The van der Waals surface area contributed by atoms with E-state index in [1.54, 1.807) is 0 Å². The van der Waals surface area contributed by atoms with Crippen LogP contribution in [-0.4, -0.2) is 50.3 Å². The number of methoxy groups -OCH3 is 1. The van der Waals surface area contributed by atoms with E-state index in [1.165, 1.54) is 45.2 Å². The SMILES string of the molecule is CCS(CC)(OS(=O)(=O)C(F)(F)C(F)(F)C(F)(F)C(F)(F)F)c1ccc(OC)cc1. The van der Waals surface area contributed by atoms with Gasteiger partial charge in [-0.3, -0.25) is 0 Å². The van der Waals surface area contributed by atoms with Crippen LogP contribution in [0.25, 0.3) is 0 Å². The number of halogens is 9. The normalized spacial score (nSPS) is 15.2. The number of benzene rings is 1. The van der Waals surface area contributed by atoms with E-state index in [1.807, 2.05) is 0 Å². The van der Waals surface area contributed by atoms with Gasteiger partial charge in [0.2, 0.25) is 0 Å². The smallest absolute Gasteiger partial charge is 0.460 e. The van der Waals surface area contributed by atoms with E-state index in [2.05, 4.69) is 3.63 Å². The molecule has 0 N–H and O–H groups in total. The third-order valence-corrected chi connectivity index (χ3v) is 9.71. The second-order valence-electron chi connectivity index (χ2n) is 5.75. The lowest BCUT2D eigenvalue weighted by Crippen LogP contribution is -2.63. The summed E-state index contributed by atoms with van der Waals surface area (Å²) < 4.78 is 151. The van der Waals surface area contributed by atoms with Gasteiger partial charge in [-0.2, -0.15) is 47.9 Å². The molecule has 4 nitrogen and oxygen atoms in total. The largest absolute Gasteiger partial charge is 0.497 e. The van der Waals surface area contributed by atoms with Crippen LogP contribution in [-0.2, 0) is 13.7 Å². The molecule has 0 fully saturated rings. The zero-order valence-corrected chi connectivity index (χ0v) is 17.2. The maximum absolute atomic E-state index is 14.0. The second-order valence-corrected chi connectivity index (χ2v) is 11.0. The minimum Gasteiger partial charge on any atom is -0.497 e. The van der Waals surface area contributed by atoms with Crippen molar-refractivity contribution in [3.8, 4) is 5.75 Å². The quantitative estimate of drug-likeness (QED) is 0.419. The average Bonchev–Trinajstić information content (AvgIpc) is 2.65. The van der Waals surface area contributed by atoms with E-state index in [9.17, 15) is 47.9 Å². The first-order valence-corrected chi connectivity index (χ1v) is 11.3. The molecule has 1 rings (SSSR count). The third-order valence-electron chi connectivity index (χ3n) is 4.07. The second kappa shape index (κ2) is 8.30. The van der Waals surface area contributed by atoms with Crippen LogP contribution < -0.4 is 4.74 Å². The van der Waals surface area contributed by atoms with Gasteiger partial charge in [-0.15, -0.1) is 0 Å². The summed E-state index contributed by atoms with van der Waals surface area (Å²) in [5.74, 6) is -15.2. The first-order valence-electron chi connectivity index (χ1n) is 7.95. The molecule has 0 heterocycles. The van der Waals surface area contributed by atoms with Crippen molar-refractivity contribution in [3.05, 3.63) is 24.3 Å². The highest BCUT2D eigenvalue weighted by molar-refractivity contribution is 8.33. The summed E-state index contributed by atoms with van der Waals surface area (Å²) in [6, 6.07) is 4.89. The lowest BCUT2D eigenvalue weighted by atomic mass is 10.1. The van der Waals surface area contributed by atoms with Crippen LogP contribution >= 0.6 is 10.3 Å². The molecule has 1 aromatic rings. The van der Waals surface area contributed by atoms with E-state index < -0.39 is 43.7 Å². The topological polar surface area (TPSA) is 52.6 Å². The Hall–Kier alpha value is -1.35. The van der Waals surface area contributed by atoms with Crippen LogP contribution in [0.5, 0.6) is 5.75 Å². The fourth-order valence-electron chi connectivity index (χ4n) is 2.23. The first kappa shape index (κ1) is 26.7.